The minimum atomic E-state index is -0.494. The Balaban J connectivity index is 2.16. The van der Waals surface area contributed by atoms with E-state index >= 15 is 0 Å². The van der Waals surface area contributed by atoms with Crippen LogP contribution < -0.4 is 4.90 Å². The second kappa shape index (κ2) is 4.10. The van der Waals surface area contributed by atoms with Crippen LogP contribution in [-0.4, -0.2) is 35.3 Å². The molecule has 5 heteroatoms. The van der Waals surface area contributed by atoms with Gasteiger partial charge in [0, 0.05) is 19.2 Å². The maximum absolute atomic E-state index is 12.9. The fourth-order valence-corrected chi connectivity index (χ4v) is 1.86. The van der Waals surface area contributed by atoms with Gasteiger partial charge in [0.2, 0.25) is 5.95 Å². The van der Waals surface area contributed by atoms with Crippen molar-refractivity contribution in [2.45, 2.75) is 26.1 Å². The van der Waals surface area contributed by atoms with E-state index in [0.29, 0.717) is 5.82 Å². The van der Waals surface area contributed by atoms with E-state index in [1.54, 1.807) is 0 Å². The first kappa shape index (κ1) is 10.3. The van der Waals surface area contributed by atoms with E-state index in [1.165, 1.54) is 12.4 Å². The number of ether oxygens (including phenoxy) is 1. The van der Waals surface area contributed by atoms with Crippen LogP contribution in [0.5, 0.6) is 0 Å². The maximum atomic E-state index is 12.9. The van der Waals surface area contributed by atoms with Crippen molar-refractivity contribution in [1.82, 2.24) is 9.97 Å². The van der Waals surface area contributed by atoms with E-state index in [-0.39, 0.29) is 12.2 Å². The zero-order valence-electron chi connectivity index (χ0n) is 8.85. The molecular weight excluding hydrogens is 197 g/mol. The third-order valence-electron chi connectivity index (χ3n) is 2.36. The highest BCUT2D eigenvalue weighted by molar-refractivity contribution is 5.37. The van der Waals surface area contributed by atoms with Crippen LogP contribution in [0.25, 0.3) is 0 Å². The molecule has 4 nitrogen and oxygen atoms in total. The van der Waals surface area contributed by atoms with Crippen LogP contribution in [0.1, 0.15) is 13.8 Å². The van der Waals surface area contributed by atoms with Crippen molar-refractivity contribution in [2.75, 3.05) is 18.0 Å². The van der Waals surface area contributed by atoms with Crippen LogP contribution >= 0.6 is 0 Å². The predicted octanol–water partition coefficient (Wildman–Crippen LogP) is 1.23. The van der Waals surface area contributed by atoms with Crippen molar-refractivity contribution in [1.29, 1.82) is 0 Å². The van der Waals surface area contributed by atoms with Crippen LogP contribution in [0.2, 0.25) is 0 Å². The standard InChI is InChI=1S/C10H14FN3O/c1-7-4-14(5-8(2)15-7)10-3-9(11)12-6-13-10/h3,6-8H,4-5H2,1-2H3/t7-,8+. The average molecular weight is 211 g/mol. The van der Waals surface area contributed by atoms with Crippen LogP contribution in [0.4, 0.5) is 10.2 Å². The number of nitrogens with zero attached hydrogens (tertiary/aromatic N) is 3. The van der Waals surface area contributed by atoms with Gasteiger partial charge in [-0.15, -0.1) is 0 Å². The van der Waals surface area contributed by atoms with Crippen molar-refractivity contribution in [3.63, 3.8) is 0 Å². The van der Waals surface area contributed by atoms with Gasteiger partial charge >= 0.3 is 0 Å². The van der Waals surface area contributed by atoms with E-state index in [1.807, 2.05) is 18.7 Å². The Morgan fingerprint density at radius 2 is 2.00 bits per heavy atom. The number of rotatable bonds is 1. The first-order chi connectivity index (χ1) is 7.15. The molecule has 0 aliphatic carbocycles. The molecule has 2 atom stereocenters. The number of anilines is 1. The second-order valence-corrected chi connectivity index (χ2v) is 3.86. The molecule has 0 radical (unpaired) electrons. The number of hydrogen-bond donors (Lipinski definition) is 0. The molecule has 2 rings (SSSR count). The molecule has 1 aromatic rings. The van der Waals surface area contributed by atoms with Gasteiger partial charge in [0.15, 0.2) is 0 Å². The van der Waals surface area contributed by atoms with Gasteiger partial charge in [-0.2, -0.15) is 4.39 Å². The smallest absolute Gasteiger partial charge is 0.218 e. The van der Waals surface area contributed by atoms with Crippen molar-refractivity contribution in [3.05, 3.63) is 18.3 Å². The Morgan fingerprint density at radius 1 is 1.33 bits per heavy atom. The van der Waals surface area contributed by atoms with E-state index in [0.717, 1.165) is 13.1 Å². The SMILES string of the molecule is C[C@@H]1CN(c2cc(F)ncn2)C[C@H](C)O1. The molecule has 15 heavy (non-hydrogen) atoms. The molecule has 1 saturated heterocycles. The van der Waals surface area contributed by atoms with Gasteiger partial charge in [-0.1, -0.05) is 0 Å². The lowest BCUT2D eigenvalue weighted by molar-refractivity contribution is -0.00549. The summed E-state index contributed by atoms with van der Waals surface area (Å²) in [4.78, 5) is 9.51. The van der Waals surface area contributed by atoms with E-state index in [2.05, 4.69) is 9.97 Å². The van der Waals surface area contributed by atoms with Crippen LogP contribution in [-0.2, 0) is 4.74 Å². The van der Waals surface area contributed by atoms with E-state index in [4.69, 9.17) is 4.74 Å². The summed E-state index contributed by atoms with van der Waals surface area (Å²) in [6.45, 7) is 5.47. The number of aromatic nitrogens is 2. The molecule has 1 fully saturated rings. The fourth-order valence-electron chi connectivity index (χ4n) is 1.86. The molecular formula is C10H14FN3O. The first-order valence-corrected chi connectivity index (χ1v) is 5.03. The average Bonchev–Trinajstić information content (AvgIpc) is 2.16. The molecule has 0 amide bonds. The summed E-state index contributed by atoms with van der Waals surface area (Å²) in [6, 6.07) is 1.35. The van der Waals surface area contributed by atoms with Crippen molar-refractivity contribution in [2.24, 2.45) is 0 Å². The van der Waals surface area contributed by atoms with Gasteiger partial charge < -0.3 is 9.64 Å². The van der Waals surface area contributed by atoms with Crippen LogP contribution in [0, 0.1) is 5.95 Å². The van der Waals surface area contributed by atoms with Crippen molar-refractivity contribution >= 4 is 5.82 Å². The number of morpholine rings is 1. The second-order valence-electron chi connectivity index (χ2n) is 3.86. The highest BCUT2D eigenvalue weighted by Crippen LogP contribution is 2.17. The summed E-state index contributed by atoms with van der Waals surface area (Å²) in [6.07, 6.45) is 1.54. The lowest BCUT2D eigenvalue weighted by Gasteiger charge is -2.35. The maximum Gasteiger partial charge on any atom is 0.218 e. The molecule has 0 unspecified atom stereocenters. The largest absolute Gasteiger partial charge is 0.372 e. The molecule has 1 aromatic heterocycles. The lowest BCUT2D eigenvalue weighted by atomic mass is 10.2. The lowest BCUT2D eigenvalue weighted by Crippen LogP contribution is -2.45. The zero-order chi connectivity index (χ0) is 10.8. The van der Waals surface area contributed by atoms with Crippen LogP contribution in [0.3, 0.4) is 0 Å². The molecule has 0 spiro atoms. The minimum absolute atomic E-state index is 0.145. The highest BCUT2D eigenvalue weighted by Gasteiger charge is 2.23. The Hall–Kier alpha value is -1.23. The first-order valence-electron chi connectivity index (χ1n) is 5.03. The molecule has 2 heterocycles. The van der Waals surface area contributed by atoms with Gasteiger partial charge in [0.25, 0.3) is 0 Å². The van der Waals surface area contributed by atoms with Gasteiger partial charge in [-0.3, -0.25) is 0 Å². The van der Waals surface area contributed by atoms with E-state index < -0.39 is 5.95 Å². The predicted molar refractivity (Wildman–Crippen MR) is 54.2 cm³/mol. The molecule has 1 aliphatic rings. The quantitative estimate of drug-likeness (QED) is 0.655. The number of halogens is 1. The molecule has 1 aliphatic heterocycles. The summed E-state index contributed by atoms with van der Waals surface area (Å²) < 4.78 is 18.5. The molecule has 0 saturated carbocycles. The Bertz CT molecular complexity index is 337. The molecule has 82 valence electrons. The monoisotopic (exact) mass is 211 g/mol. The molecule has 0 aromatic carbocycles. The molecule has 0 bridgehead atoms. The normalized spacial score (nSPS) is 26.7. The Kier molecular flexibility index (Phi) is 2.81. The van der Waals surface area contributed by atoms with Crippen molar-refractivity contribution in [3.8, 4) is 0 Å². The summed E-state index contributed by atoms with van der Waals surface area (Å²) >= 11 is 0. The Labute approximate surface area is 88.1 Å². The van der Waals surface area contributed by atoms with Gasteiger partial charge in [-0.25, -0.2) is 9.97 Å². The topological polar surface area (TPSA) is 38.2 Å². The van der Waals surface area contributed by atoms with Gasteiger partial charge in [0.1, 0.15) is 12.1 Å². The number of hydrogen-bond acceptors (Lipinski definition) is 4. The zero-order valence-corrected chi connectivity index (χ0v) is 8.85. The summed E-state index contributed by atoms with van der Waals surface area (Å²) in [5.41, 5.74) is 0. The van der Waals surface area contributed by atoms with Crippen molar-refractivity contribution < 1.29 is 9.13 Å². The van der Waals surface area contributed by atoms with Gasteiger partial charge in [0.05, 0.1) is 12.2 Å². The van der Waals surface area contributed by atoms with Crippen LogP contribution in [0.15, 0.2) is 12.4 Å². The highest BCUT2D eigenvalue weighted by atomic mass is 19.1. The fraction of sp³-hybridized carbons (Fsp3) is 0.600. The van der Waals surface area contributed by atoms with Gasteiger partial charge in [-0.05, 0) is 13.8 Å². The summed E-state index contributed by atoms with van der Waals surface area (Å²) in [5, 5.41) is 0. The minimum Gasteiger partial charge on any atom is -0.372 e. The summed E-state index contributed by atoms with van der Waals surface area (Å²) in [5.74, 6) is 0.135. The molecule has 0 N–H and O–H groups in total. The Morgan fingerprint density at radius 3 is 2.60 bits per heavy atom. The van der Waals surface area contributed by atoms with E-state index in [9.17, 15) is 4.39 Å². The third-order valence-corrected chi connectivity index (χ3v) is 2.36. The summed E-state index contributed by atoms with van der Waals surface area (Å²) in [7, 11) is 0. The third kappa shape index (κ3) is 2.41.